The Labute approximate surface area is 126 Å². The molecule has 0 spiro atoms. The summed E-state index contributed by atoms with van der Waals surface area (Å²) in [4.78, 5) is 2.41. The van der Waals surface area contributed by atoms with E-state index in [0.29, 0.717) is 6.61 Å². The van der Waals surface area contributed by atoms with E-state index in [0.717, 1.165) is 18.4 Å². The fraction of sp³-hybridized carbons (Fsp3) is 1.00. The second-order valence-corrected chi connectivity index (χ2v) is 6.70. The van der Waals surface area contributed by atoms with Gasteiger partial charge in [0.05, 0.1) is 6.61 Å². The first-order chi connectivity index (χ1) is 9.81. The van der Waals surface area contributed by atoms with Crippen LogP contribution in [0.1, 0.15) is 78.1 Å². The predicted octanol–water partition coefficient (Wildman–Crippen LogP) is 4.47. The number of hydrogen-bond donors (Lipinski definition) is 1. The number of β-amino-alcohol motifs (C(OH)–C–C–N with tert-alkyl or cyclic N) is 1. The molecule has 0 aromatic carbocycles. The van der Waals surface area contributed by atoms with E-state index in [1.54, 1.807) is 0 Å². The maximum absolute atomic E-state index is 8.99. The molecule has 0 aromatic heterocycles. The number of unbranched alkanes of at least 4 members (excludes halogenated alkanes) is 6. The summed E-state index contributed by atoms with van der Waals surface area (Å²) < 4.78 is 0. The fourth-order valence-corrected chi connectivity index (χ4v) is 3.51. The van der Waals surface area contributed by atoms with Crippen LogP contribution >= 0.6 is 0 Å². The van der Waals surface area contributed by atoms with Crippen molar-refractivity contribution in [3.8, 4) is 0 Å². The van der Waals surface area contributed by atoms with Crippen molar-refractivity contribution in [2.24, 2.45) is 11.8 Å². The maximum Gasteiger partial charge on any atom is 0.0558 e. The molecule has 0 aromatic rings. The lowest BCUT2D eigenvalue weighted by atomic mass is 9.79. The van der Waals surface area contributed by atoms with E-state index in [2.05, 4.69) is 18.7 Å². The van der Waals surface area contributed by atoms with Crippen LogP contribution in [0.2, 0.25) is 0 Å². The first-order valence-electron chi connectivity index (χ1n) is 9.15. The average Bonchev–Trinajstić information content (AvgIpc) is 2.41. The van der Waals surface area contributed by atoms with Gasteiger partial charge in [0.15, 0.2) is 0 Å². The molecule has 1 fully saturated rings. The maximum atomic E-state index is 8.99. The first-order valence-corrected chi connectivity index (χ1v) is 9.15. The minimum atomic E-state index is 0.324. The highest BCUT2D eigenvalue weighted by molar-refractivity contribution is 4.85. The Bertz CT molecular complexity index is 201. The number of aliphatic hydroxyl groups excluding tert-OH is 1. The summed E-state index contributed by atoms with van der Waals surface area (Å²) in [6.45, 7) is 8.28. The highest BCUT2D eigenvalue weighted by Gasteiger charge is 2.32. The molecule has 0 radical (unpaired) electrons. The third-order valence-electron chi connectivity index (χ3n) is 4.93. The second kappa shape index (κ2) is 11.6. The third-order valence-corrected chi connectivity index (χ3v) is 4.93. The van der Waals surface area contributed by atoms with E-state index in [9.17, 15) is 0 Å². The molecule has 0 unspecified atom stereocenters. The number of nitrogens with zero attached hydrogens (tertiary/aromatic N) is 1. The Morgan fingerprint density at radius 3 is 1.90 bits per heavy atom. The molecule has 2 heteroatoms. The molecule has 0 amide bonds. The Hall–Kier alpha value is -0.0800. The van der Waals surface area contributed by atoms with Gasteiger partial charge in [-0.2, -0.15) is 0 Å². The monoisotopic (exact) mass is 283 g/mol. The fourth-order valence-electron chi connectivity index (χ4n) is 3.51. The van der Waals surface area contributed by atoms with Crippen molar-refractivity contribution in [3.05, 3.63) is 0 Å². The third kappa shape index (κ3) is 7.08. The molecule has 1 heterocycles. The molecule has 0 saturated carbocycles. The van der Waals surface area contributed by atoms with Gasteiger partial charge in [-0.15, -0.1) is 0 Å². The largest absolute Gasteiger partial charge is 0.395 e. The van der Waals surface area contributed by atoms with Gasteiger partial charge in [-0.25, -0.2) is 0 Å². The van der Waals surface area contributed by atoms with Crippen molar-refractivity contribution in [3.63, 3.8) is 0 Å². The van der Waals surface area contributed by atoms with Crippen LogP contribution < -0.4 is 0 Å². The van der Waals surface area contributed by atoms with Gasteiger partial charge in [0.2, 0.25) is 0 Å². The highest BCUT2D eigenvalue weighted by atomic mass is 16.3. The zero-order valence-corrected chi connectivity index (χ0v) is 13.9. The van der Waals surface area contributed by atoms with Gasteiger partial charge >= 0.3 is 0 Å². The molecule has 1 N–H and O–H groups in total. The Kier molecular flexibility index (Phi) is 10.4. The number of hydrogen-bond acceptors (Lipinski definition) is 2. The van der Waals surface area contributed by atoms with Crippen molar-refractivity contribution < 1.29 is 5.11 Å². The number of aliphatic hydroxyl groups is 1. The lowest BCUT2D eigenvalue weighted by Crippen LogP contribution is -2.50. The zero-order valence-electron chi connectivity index (χ0n) is 13.9. The summed E-state index contributed by atoms with van der Waals surface area (Å²) in [5.74, 6) is 1.88. The molecule has 20 heavy (non-hydrogen) atoms. The molecule has 120 valence electrons. The first kappa shape index (κ1) is 18.0. The molecule has 2 nitrogen and oxygen atoms in total. The summed E-state index contributed by atoms with van der Waals surface area (Å²) in [7, 11) is 0. The molecular formula is C18H37NO. The van der Waals surface area contributed by atoms with Crippen LogP contribution in [0.25, 0.3) is 0 Å². The molecule has 1 saturated heterocycles. The summed E-state index contributed by atoms with van der Waals surface area (Å²) in [5, 5.41) is 8.99. The average molecular weight is 283 g/mol. The molecule has 0 aliphatic carbocycles. The van der Waals surface area contributed by atoms with Gasteiger partial charge in [0.1, 0.15) is 0 Å². The van der Waals surface area contributed by atoms with Crippen LogP contribution in [0.4, 0.5) is 0 Å². The second-order valence-electron chi connectivity index (χ2n) is 6.70. The van der Waals surface area contributed by atoms with Crippen molar-refractivity contribution in [2.45, 2.75) is 78.1 Å². The van der Waals surface area contributed by atoms with Gasteiger partial charge in [-0.1, -0.05) is 78.1 Å². The Balaban J connectivity index is 2.20. The molecule has 1 aliphatic heterocycles. The Morgan fingerprint density at radius 2 is 1.45 bits per heavy atom. The predicted molar refractivity (Wildman–Crippen MR) is 88.0 cm³/mol. The molecular weight excluding hydrogens is 246 g/mol. The van der Waals surface area contributed by atoms with Crippen LogP contribution in [0.15, 0.2) is 0 Å². The summed E-state index contributed by atoms with van der Waals surface area (Å²) in [6.07, 6.45) is 14.1. The van der Waals surface area contributed by atoms with E-state index in [1.807, 2.05) is 0 Å². The zero-order chi connectivity index (χ0) is 14.6. The SMILES string of the molecule is CCCCCCC(CCCCCC)C1CN(CCO)C1. The van der Waals surface area contributed by atoms with Crippen LogP contribution in [-0.2, 0) is 0 Å². The van der Waals surface area contributed by atoms with E-state index in [-0.39, 0.29) is 0 Å². The van der Waals surface area contributed by atoms with Gasteiger partial charge in [0.25, 0.3) is 0 Å². The minimum absolute atomic E-state index is 0.324. The Morgan fingerprint density at radius 1 is 0.900 bits per heavy atom. The van der Waals surface area contributed by atoms with Crippen LogP contribution in [0.5, 0.6) is 0 Å². The van der Waals surface area contributed by atoms with Gasteiger partial charge in [-0.05, 0) is 11.8 Å². The van der Waals surface area contributed by atoms with Crippen molar-refractivity contribution in [1.82, 2.24) is 4.90 Å². The molecule has 1 aliphatic rings. The normalized spacial score (nSPS) is 16.8. The van der Waals surface area contributed by atoms with Crippen LogP contribution in [0, 0.1) is 11.8 Å². The molecule has 0 bridgehead atoms. The minimum Gasteiger partial charge on any atom is -0.395 e. The smallest absolute Gasteiger partial charge is 0.0558 e. The summed E-state index contributed by atoms with van der Waals surface area (Å²) in [6, 6.07) is 0. The number of likely N-dealkylation sites (tertiary alicyclic amines) is 1. The van der Waals surface area contributed by atoms with Gasteiger partial charge < -0.3 is 10.0 Å². The quantitative estimate of drug-likeness (QED) is 0.504. The van der Waals surface area contributed by atoms with Crippen LogP contribution in [0.3, 0.4) is 0 Å². The van der Waals surface area contributed by atoms with Crippen molar-refractivity contribution >= 4 is 0 Å². The van der Waals surface area contributed by atoms with E-state index >= 15 is 0 Å². The van der Waals surface area contributed by atoms with E-state index in [4.69, 9.17) is 5.11 Å². The lowest BCUT2D eigenvalue weighted by molar-refractivity contribution is 0.0353. The summed E-state index contributed by atoms with van der Waals surface area (Å²) in [5.41, 5.74) is 0. The molecule has 0 atom stereocenters. The standard InChI is InChI=1S/C18H37NO/c1-3-5-7-9-11-17(12-10-8-6-4-2)18-15-19(16-18)13-14-20/h17-18,20H,3-16H2,1-2H3. The lowest BCUT2D eigenvalue weighted by Gasteiger charge is -2.43. The van der Waals surface area contributed by atoms with E-state index < -0.39 is 0 Å². The van der Waals surface area contributed by atoms with E-state index in [1.165, 1.54) is 77.3 Å². The topological polar surface area (TPSA) is 23.5 Å². The molecule has 1 rings (SSSR count). The summed E-state index contributed by atoms with van der Waals surface area (Å²) >= 11 is 0. The van der Waals surface area contributed by atoms with Crippen LogP contribution in [-0.4, -0.2) is 36.2 Å². The van der Waals surface area contributed by atoms with Gasteiger partial charge in [0, 0.05) is 19.6 Å². The van der Waals surface area contributed by atoms with Crippen molar-refractivity contribution in [1.29, 1.82) is 0 Å². The van der Waals surface area contributed by atoms with Gasteiger partial charge in [-0.3, -0.25) is 0 Å². The number of rotatable bonds is 13. The van der Waals surface area contributed by atoms with Crippen molar-refractivity contribution in [2.75, 3.05) is 26.2 Å². The highest BCUT2D eigenvalue weighted by Crippen LogP contribution is 2.31.